The lowest BCUT2D eigenvalue weighted by molar-refractivity contribution is -0.128. The van der Waals surface area contributed by atoms with E-state index in [-0.39, 0.29) is 35.3 Å². The zero-order chi connectivity index (χ0) is 20.8. The number of carbonyl (C=O) groups excluding carboxylic acids is 1. The van der Waals surface area contributed by atoms with Crippen LogP contribution in [0.4, 0.5) is 0 Å². The van der Waals surface area contributed by atoms with Crippen molar-refractivity contribution >= 4 is 35.8 Å². The van der Waals surface area contributed by atoms with Gasteiger partial charge in [0.1, 0.15) is 0 Å². The second-order valence-electron chi connectivity index (χ2n) is 8.43. The van der Waals surface area contributed by atoms with E-state index in [9.17, 15) is 4.79 Å². The maximum Gasteiger partial charge on any atom is 0.222 e. The summed E-state index contributed by atoms with van der Waals surface area (Å²) in [6, 6.07) is 19.3. The van der Waals surface area contributed by atoms with Crippen LogP contribution in [0.1, 0.15) is 49.3 Å². The van der Waals surface area contributed by atoms with Crippen molar-refractivity contribution in [1.82, 2.24) is 15.5 Å². The van der Waals surface area contributed by atoms with Crippen molar-refractivity contribution in [2.45, 2.75) is 51.1 Å². The molecule has 1 saturated heterocycles. The molecule has 1 heterocycles. The molecule has 31 heavy (non-hydrogen) atoms. The van der Waals surface area contributed by atoms with E-state index in [1.165, 1.54) is 29.5 Å². The van der Waals surface area contributed by atoms with Crippen molar-refractivity contribution in [3.05, 3.63) is 71.3 Å². The molecule has 0 spiro atoms. The van der Waals surface area contributed by atoms with Gasteiger partial charge in [-0.3, -0.25) is 4.79 Å². The average Bonchev–Trinajstić information content (AvgIpc) is 3.48. The third kappa shape index (κ3) is 6.21. The molecule has 0 atom stereocenters. The number of benzene rings is 2. The highest BCUT2D eigenvalue weighted by atomic mass is 127. The first kappa shape index (κ1) is 23.6. The standard InChI is InChI=1S/C25H32N4O.HI/c1-2-26-24(28-19-25(14-15-25)22-7-4-3-5-8-22)27-17-20-10-12-21(13-11-20)18-29-16-6-9-23(29)30;/h3-5,7-8,10-13H,2,6,9,14-19H2,1H3,(H2,26,27,28);1H. The fourth-order valence-corrected chi connectivity index (χ4v) is 4.12. The van der Waals surface area contributed by atoms with Gasteiger partial charge >= 0.3 is 0 Å². The van der Waals surface area contributed by atoms with Gasteiger partial charge in [0.2, 0.25) is 5.91 Å². The topological polar surface area (TPSA) is 56.7 Å². The third-order valence-electron chi connectivity index (χ3n) is 6.17. The number of rotatable bonds is 8. The number of carbonyl (C=O) groups is 1. The average molecular weight is 532 g/mol. The number of aliphatic imine (C=N–C) groups is 1. The van der Waals surface area contributed by atoms with Gasteiger partial charge in [-0.1, -0.05) is 54.6 Å². The van der Waals surface area contributed by atoms with Crippen LogP contribution in [0.5, 0.6) is 0 Å². The number of likely N-dealkylation sites (tertiary alicyclic amines) is 1. The number of halogens is 1. The molecule has 0 radical (unpaired) electrons. The number of hydrogen-bond donors (Lipinski definition) is 2. The molecule has 2 aromatic rings. The van der Waals surface area contributed by atoms with E-state index in [0.29, 0.717) is 19.5 Å². The van der Waals surface area contributed by atoms with Crippen molar-refractivity contribution in [3.63, 3.8) is 0 Å². The Labute approximate surface area is 202 Å². The van der Waals surface area contributed by atoms with Crippen LogP contribution >= 0.6 is 24.0 Å². The molecule has 1 amide bonds. The summed E-state index contributed by atoms with van der Waals surface area (Å²) >= 11 is 0. The van der Waals surface area contributed by atoms with Gasteiger partial charge in [0.25, 0.3) is 0 Å². The van der Waals surface area contributed by atoms with Gasteiger partial charge in [0, 0.05) is 38.0 Å². The molecule has 6 heteroatoms. The van der Waals surface area contributed by atoms with E-state index >= 15 is 0 Å². The molecule has 0 bridgehead atoms. The minimum atomic E-state index is 0. The van der Waals surface area contributed by atoms with Crippen molar-refractivity contribution in [2.24, 2.45) is 4.99 Å². The number of guanidine groups is 1. The Hall–Kier alpha value is -2.09. The molecular formula is C25H33IN4O. The van der Waals surface area contributed by atoms with E-state index in [1.54, 1.807) is 0 Å². The van der Waals surface area contributed by atoms with Crippen LogP contribution in [-0.2, 0) is 23.3 Å². The smallest absolute Gasteiger partial charge is 0.222 e. The van der Waals surface area contributed by atoms with E-state index in [1.807, 2.05) is 4.90 Å². The zero-order valence-corrected chi connectivity index (χ0v) is 20.6. The van der Waals surface area contributed by atoms with Gasteiger partial charge < -0.3 is 15.5 Å². The van der Waals surface area contributed by atoms with E-state index in [0.717, 1.165) is 32.0 Å². The highest BCUT2D eigenvalue weighted by Gasteiger charge is 2.43. The Balaban J connectivity index is 0.00000272. The lowest BCUT2D eigenvalue weighted by atomic mass is 9.96. The van der Waals surface area contributed by atoms with Crippen molar-refractivity contribution < 1.29 is 4.79 Å². The van der Waals surface area contributed by atoms with Gasteiger partial charge in [0.15, 0.2) is 5.96 Å². The zero-order valence-electron chi connectivity index (χ0n) is 18.3. The van der Waals surface area contributed by atoms with Gasteiger partial charge in [0.05, 0.1) is 6.54 Å². The Morgan fingerprint density at radius 3 is 2.35 bits per heavy atom. The Morgan fingerprint density at radius 1 is 1.03 bits per heavy atom. The summed E-state index contributed by atoms with van der Waals surface area (Å²) in [4.78, 5) is 18.5. The van der Waals surface area contributed by atoms with Gasteiger partial charge in [-0.15, -0.1) is 24.0 Å². The predicted octanol–water partition coefficient (Wildman–Crippen LogP) is 4.21. The van der Waals surface area contributed by atoms with Crippen LogP contribution in [-0.4, -0.2) is 36.4 Å². The highest BCUT2D eigenvalue weighted by molar-refractivity contribution is 14.0. The number of nitrogens with zero attached hydrogens (tertiary/aromatic N) is 2. The molecule has 2 aromatic carbocycles. The summed E-state index contributed by atoms with van der Waals surface area (Å²) < 4.78 is 0. The SMILES string of the molecule is CCNC(=NCc1ccc(CN2CCCC2=O)cc1)NCC1(c2ccccc2)CC1.I. The van der Waals surface area contributed by atoms with Crippen molar-refractivity contribution in [2.75, 3.05) is 19.6 Å². The predicted molar refractivity (Wildman–Crippen MR) is 137 cm³/mol. The normalized spacial score (nSPS) is 17.3. The van der Waals surface area contributed by atoms with Gasteiger partial charge in [-0.05, 0) is 42.9 Å². The lowest BCUT2D eigenvalue weighted by Gasteiger charge is -2.19. The summed E-state index contributed by atoms with van der Waals surface area (Å²) in [5.74, 6) is 1.14. The first-order chi connectivity index (χ1) is 14.7. The van der Waals surface area contributed by atoms with Crippen LogP contribution < -0.4 is 10.6 Å². The molecule has 2 aliphatic rings. The number of amides is 1. The summed E-state index contributed by atoms with van der Waals surface area (Å²) in [6.07, 6.45) is 4.13. The molecule has 166 valence electrons. The molecule has 5 nitrogen and oxygen atoms in total. The summed E-state index contributed by atoms with van der Waals surface area (Å²) in [6.45, 7) is 6.08. The van der Waals surface area contributed by atoms with Crippen molar-refractivity contribution in [1.29, 1.82) is 0 Å². The third-order valence-corrected chi connectivity index (χ3v) is 6.17. The molecule has 1 aliphatic carbocycles. The number of hydrogen-bond acceptors (Lipinski definition) is 2. The maximum absolute atomic E-state index is 11.8. The quantitative estimate of drug-likeness (QED) is 0.304. The van der Waals surface area contributed by atoms with Crippen LogP contribution in [0.2, 0.25) is 0 Å². The van der Waals surface area contributed by atoms with Crippen LogP contribution in [0, 0.1) is 0 Å². The summed E-state index contributed by atoms with van der Waals surface area (Å²) in [7, 11) is 0. The van der Waals surface area contributed by atoms with Crippen LogP contribution in [0.25, 0.3) is 0 Å². The Bertz CT molecular complexity index is 878. The lowest BCUT2D eigenvalue weighted by Crippen LogP contribution is -2.41. The molecule has 0 aromatic heterocycles. The molecule has 1 aliphatic heterocycles. The monoisotopic (exact) mass is 532 g/mol. The molecule has 1 saturated carbocycles. The fourth-order valence-electron chi connectivity index (χ4n) is 4.12. The largest absolute Gasteiger partial charge is 0.357 e. The first-order valence-corrected chi connectivity index (χ1v) is 11.1. The number of nitrogens with one attached hydrogen (secondary N) is 2. The molecule has 2 fully saturated rings. The molecule has 0 unspecified atom stereocenters. The maximum atomic E-state index is 11.8. The highest BCUT2D eigenvalue weighted by Crippen LogP contribution is 2.47. The van der Waals surface area contributed by atoms with Gasteiger partial charge in [-0.2, -0.15) is 0 Å². The summed E-state index contributed by atoms with van der Waals surface area (Å²) in [5, 5.41) is 6.92. The Kier molecular flexibility index (Phi) is 8.35. The Morgan fingerprint density at radius 2 is 1.74 bits per heavy atom. The summed E-state index contributed by atoms with van der Waals surface area (Å²) in [5.41, 5.74) is 4.03. The van der Waals surface area contributed by atoms with E-state index < -0.39 is 0 Å². The molecule has 2 N–H and O–H groups in total. The first-order valence-electron chi connectivity index (χ1n) is 11.1. The van der Waals surface area contributed by atoms with Gasteiger partial charge in [-0.25, -0.2) is 4.99 Å². The van der Waals surface area contributed by atoms with E-state index in [4.69, 9.17) is 4.99 Å². The minimum absolute atomic E-state index is 0. The molecule has 4 rings (SSSR count). The second kappa shape index (κ2) is 11.0. The molecular weight excluding hydrogens is 499 g/mol. The fraction of sp³-hybridized carbons (Fsp3) is 0.440. The van der Waals surface area contributed by atoms with Crippen LogP contribution in [0.15, 0.2) is 59.6 Å². The van der Waals surface area contributed by atoms with Crippen LogP contribution in [0.3, 0.4) is 0 Å². The van der Waals surface area contributed by atoms with Crippen molar-refractivity contribution in [3.8, 4) is 0 Å². The van der Waals surface area contributed by atoms with E-state index in [2.05, 4.69) is 72.2 Å². The second-order valence-corrected chi connectivity index (χ2v) is 8.43. The minimum Gasteiger partial charge on any atom is -0.357 e.